The first-order valence-corrected chi connectivity index (χ1v) is 6.94. The average molecular weight is 290 g/mol. The van der Waals surface area contributed by atoms with Gasteiger partial charge in [0.15, 0.2) is 10.3 Å². The molecule has 0 radical (unpaired) electrons. The fourth-order valence-electron chi connectivity index (χ4n) is 2.45. The van der Waals surface area contributed by atoms with Gasteiger partial charge in [-0.2, -0.15) is 0 Å². The van der Waals surface area contributed by atoms with Crippen molar-refractivity contribution in [2.75, 3.05) is 18.5 Å². The molecule has 2 rings (SSSR count). The third-order valence-corrected chi connectivity index (χ3v) is 4.09. The molecule has 2 N–H and O–H groups in total. The van der Waals surface area contributed by atoms with Crippen molar-refractivity contribution in [3.05, 3.63) is 16.4 Å². The molecule has 1 aliphatic carbocycles. The summed E-state index contributed by atoms with van der Waals surface area (Å²) in [6, 6.07) is 1.66. The van der Waals surface area contributed by atoms with Crippen molar-refractivity contribution < 1.29 is 5.11 Å². The highest BCUT2D eigenvalue weighted by Crippen LogP contribution is 2.36. The van der Waals surface area contributed by atoms with Crippen molar-refractivity contribution in [1.82, 2.24) is 10.2 Å². The third-order valence-electron chi connectivity index (χ3n) is 3.62. The van der Waals surface area contributed by atoms with Crippen LogP contribution in [0.5, 0.6) is 0 Å². The van der Waals surface area contributed by atoms with E-state index in [4.69, 9.17) is 23.2 Å². The monoisotopic (exact) mass is 289 g/mol. The van der Waals surface area contributed by atoms with Crippen LogP contribution in [0.1, 0.15) is 32.1 Å². The topological polar surface area (TPSA) is 58.0 Å². The number of nitrogens with zero attached hydrogens (tertiary/aromatic N) is 2. The lowest BCUT2D eigenvalue weighted by Crippen LogP contribution is -2.35. The summed E-state index contributed by atoms with van der Waals surface area (Å²) < 4.78 is 0. The SMILES string of the molecule is OCC1(CNc2cc(Cl)nnc2Cl)CCCCC1. The van der Waals surface area contributed by atoms with Crippen molar-refractivity contribution in [2.45, 2.75) is 32.1 Å². The highest BCUT2D eigenvalue weighted by molar-refractivity contribution is 6.33. The van der Waals surface area contributed by atoms with Gasteiger partial charge < -0.3 is 10.4 Å². The van der Waals surface area contributed by atoms with Gasteiger partial charge in [0.1, 0.15) is 0 Å². The van der Waals surface area contributed by atoms with E-state index in [1.807, 2.05) is 0 Å². The van der Waals surface area contributed by atoms with Crippen molar-refractivity contribution >= 4 is 28.9 Å². The Morgan fingerprint density at radius 3 is 2.61 bits per heavy atom. The summed E-state index contributed by atoms with van der Waals surface area (Å²) >= 11 is 11.7. The Morgan fingerprint density at radius 2 is 1.94 bits per heavy atom. The number of hydrogen-bond donors (Lipinski definition) is 2. The number of hydrogen-bond acceptors (Lipinski definition) is 4. The van der Waals surface area contributed by atoms with Crippen LogP contribution >= 0.6 is 23.2 Å². The van der Waals surface area contributed by atoms with Gasteiger partial charge in [-0.15, -0.1) is 10.2 Å². The van der Waals surface area contributed by atoms with Crippen LogP contribution in [-0.2, 0) is 0 Å². The molecule has 100 valence electrons. The number of aliphatic hydroxyl groups excluding tert-OH is 1. The number of anilines is 1. The van der Waals surface area contributed by atoms with Crippen molar-refractivity contribution in [2.24, 2.45) is 5.41 Å². The lowest BCUT2D eigenvalue weighted by Gasteiger charge is -2.36. The van der Waals surface area contributed by atoms with Crippen LogP contribution in [0.3, 0.4) is 0 Å². The molecule has 1 aromatic rings. The average Bonchev–Trinajstić information content (AvgIpc) is 2.41. The summed E-state index contributed by atoms with van der Waals surface area (Å²) in [5.74, 6) is 0. The van der Waals surface area contributed by atoms with E-state index in [0.29, 0.717) is 22.5 Å². The van der Waals surface area contributed by atoms with Crippen molar-refractivity contribution in [3.63, 3.8) is 0 Å². The van der Waals surface area contributed by atoms with Crippen molar-refractivity contribution in [3.8, 4) is 0 Å². The van der Waals surface area contributed by atoms with E-state index in [2.05, 4.69) is 15.5 Å². The highest BCUT2D eigenvalue weighted by atomic mass is 35.5. The first-order valence-electron chi connectivity index (χ1n) is 6.19. The van der Waals surface area contributed by atoms with Gasteiger partial charge in [-0.25, -0.2) is 0 Å². The molecule has 18 heavy (non-hydrogen) atoms. The Bertz CT molecular complexity index is 408. The molecule has 0 saturated heterocycles. The molecule has 0 spiro atoms. The number of aromatic nitrogens is 2. The molecule has 0 aromatic carbocycles. The molecule has 0 aliphatic heterocycles. The summed E-state index contributed by atoms with van der Waals surface area (Å²) in [6.07, 6.45) is 5.68. The van der Waals surface area contributed by atoms with Crippen LogP contribution < -0.4 is 5.32 Å². The van der Waals surface area contributed by atoms with Crippen LogP contribution in [0, 0.1) is 5.41 Å². The fourth-order valence-corrected chi connectivity index (χ4v) is 2.76. The lowest BCUT2D eigenvalue weighted by molar-refractivity contribution is 0.0944. The molecule has 0 unspecified atom stereocenters. The van der Waals surface area contributed by atoms with Crippen LogP contribution in [0.4, 0.5) is 5.69 Å². The lowest BCUT2D eigenvalue weighted by atomic mass is 9.74. The first-order chi connectivity index (χ1) is 8.65. The van der Waals surface area contributed by atoms with Gasteiger partial charge in [0.05, 0.1) is 12.3 Å². The normalized spacial score (nSPS) is 18.6. The molecule has 1 saturated carbocycles. The van der Waals surface area contributed by atoms with E-state index >= 15 is 0 Å². The zero-order valence-corrected chi connectivity index (χ0v) is 11.6. The van der Waals surface area contributed by atoms with Crippen molar-refractivity contribution in [1.29, 1.82) is 0 Å². The number of nitrogens with one attached hydrogen (secondary N) is 1. The standard InChI is InChI=1S/C12H17Cl2N3O/c13-10-6-9(11(14)17-16-10)15-7-12(8-18)4-2-1-3-5-12/h6,18H,1-5,7-8H2,(H,15,16). The zero-order chi connectivity index (χ0) is 13.0. The molecule has 0 bridgehead atoms. The van der Waals surface area contributed by atoms with E-state index in [0.717, 1.165) is 12.8 Å². The minimum Gasteiger partial charge on any atom is -0.396 e. The molecule has 1 heterocycles. The predicted octanol–water partition coefficient (Wildman–Crippen LogP) is 3.14. The van der Waals surface area contributed by atoms with E-state index in [1.54, 1.807) is 6.07 Å². The minimum atomic E-state index is -0.0443. The van der Waals surface area contributed by atoms with Gasteiger partial charge in [0, 0.05) is 18.0 Å². The molecular formula is C12H17Cl2N3O. The number of halogens is 2. The largest absolute Gasteiger partial charge is 0.396 e. The molecule has 0 amide bonds. The van der Waals surface area contributed by atoms with Gasteiger partial charge in [-0.3, -0.25) is 0 Å². The molecule has 1 fully saturated rings. The Kier molecular flexibility index (Phi) is 4.65. The van der Waals surface area contributed by atoms with Gasteiger partial charge in [-0.1, -0.05) is 42.5 Å². The Balaban J connectivity index is 2.03. The van der Waals surface area contributed by atoms with E-state index in [-0.39, 0.29) is 12.0 Å². The summed E-state index contributed by atoms with van der Waals surface area (Å²) in [5.41, 5.74) is 0.632. The Hall–Kier alpha value is -0.580. The zero-order valence-electron chi connectivity index (χ0n) is 10.1. The van der Waals surface area contributed by atoms with E-state index < -0.39 is 0 Å². The van der Waals surface area contributed by atoms with Crippen LogP contribution in [-0.4, -0.2) is 28.5 Å². The fraction of sp³-hybridized carbons (Fsp3) is 0.667. The van der Waals surface area contributed by atoms with E-state index in [9.17, 15) is 5.11 Å². The summed E-state index contributed by atoms with van der Waals surface area (Å²) in [6.45, 7) is 0.884. The Labute approximate surface area is 117 Å². The predicted molar refractivity (Wildman–Crippen MR) is 73.1 cm³/mol. The highest BCUT2D eigenvalue weighted by Gasteiger charge is 2.31. The maximum Gasteiger partial charge on any atom is 0.174 e. The second-order valence-corrected chi connectivity index (χ2v) is 5.69. The summed E-state index contributed by atoms with van der Waals surface area (Å²) in [7, 11) is 0. The van der Waals surface area contributed by atoms with Crippen LogP contribution in [0.25, 0.3) is 0 Å². The maximum atomic E-state index is 9.62. The number of rotatable bonds is 4. The first kappa shape index (κ1) is 13.8. The van der Waals surface area contributed by atoms with E-state index in [1.165, 1.54) is 19.3 Å². The maximum absolute atomic E-state index is 9.62. The third kappa shape index (κ3) is 3.25. The van der Waals surface area contributed by atoms with Crippen LogP contribution in [0.15, 0.2) is 6.07 Å². The minimum absolute atomic E-state index is 0.0443. The van der Waals surface area contributed by atoms with Crippen LogP contribution in [0.2, 0.25) is 10.3 Å². The quantitative estimate of drug-likeness (QED) is 0.894. The molecule has 1 aliphatic rings. The smallest absolute Gasteiger partial charge is 0.174 e. The number of aliphatic hydroxyl groups is 1. The van der Waals surface area contributed by atoms with Gasteiger partial charge >= 0.3 is 0 Å². The second kappa shape index (κ2) is 6.04. The molecule has 1 aromatic heterocycles. The molecule has 6 heteroatoms. The Morgan fingerprint density at radius 1 is 1.22 bits per heavy atom. The van der Waals surface area contributed by atoms with Gasteiger partial charge in [0.25, 0.3) is 0 Å². The second-order valence-electron chi connectivity index (χ2n) is 4.94. The summed E-state index contributed by atoms with van der Waals surface area (Å²) in [4.78, 5) is 0. The molecular weight excluding hydrogens is 273 g/mol. The van der Waals surface area contributed by atoms with Gasteiger partial charge in [-0.05, 0) is 12.8 Å². The summed E-state index contributed by atoms with van der Waals surface area (Å²) in [5, 5.41) is 20.9. The molecule has 4 nitrogen and oxygen atoms in total. The van der Waals surface area contributed by atoms with Gasteiger partial charge in [0.2, 0.25) is 0 Å². The molecule has 0 atom stereocenters.